The van der Waals surface area contributed by atoms with Gasteiger partial charge in [-0.05, 0) is 68.7 Å². The molecule has 3 atom stereocenters. The normalized spacial score (nSPS) is 20.1. The molecule has 0 aromatic heterocycles. The number of hydrogen-bond acceptors (Lipinski definition) is 6. The molecule has 1 fully saturated rings. The van der Waals surface area contributed by atoms with E-state index in [4.69, 9.17) is 9.47 Å². The summed E-state index contributed by atoms with van der Waals surface area (Å²) in [5.74, 6) is 0.544. The van der Waals surface area contributed by atoms with Crippen LogP contribution >= 0.6 is 0 Å². The van der Waals surface area contributed by atoms with E-state index >= 15 is 0 Å². The third-order valence-corrected chi connectivity index (χ3v) is 7.35. The van der Waals surface area contributed by atoms with Crippen LogP contribution in [0, 0.1) is 12.8 Å². The van der Waals surface area contributed by atoms with Gasteiger partial charge in [-0.1, -0.05) is 19.9 Å². The summed E-state index contributed by atoms with van der Waals surface area (Å²) in [6.07, 6.45) is 0.0795. The maximum absolute atomic E-state index is 13.3. The third kappa shape index (κ3) is 6.28. The molecule has 8 nitrogen and oxygen atoms in total. The van der Waals surface area contributed by atoms with Crippen LogP contribution in [0.3, 0.4) is 0 Å². The lowest BCUT2D eigenvalue weighted by Crippen LogP contribution is -2.55. The van der Waals surface area contributed by atoms with Gasteiger partial charge in [-0.3, -0.25) is 14.4 Å². The Hall–Kier alpha value is -2.62. The number of benzene rings is 2. The van der Waals surface area contributed by atoms with Gasteiger partial charge in [0.25, 0.3) is 10.0 Å². The lowest BCUT2D eigenvalue weighted by molar-refractivity contribution is -0.130. The number of morpholine rings is 1. The van der Waals surface area contributed by atoms with Gasteiger partial charge in [0.05, 0.1) is 30.3 Å². The van der Waals surface area contributed by atoms with Crippen LogP contribution < -0.4 is 14.8 Å². The fourth-order valence-electron chi connectivity index (χ4n) is 4.39. The molecule has 1 amide bonds. The maximum Gasteiger partial charge on any atom is 0.262 e. The molecule has 1 aliphatic rings. The molecule has 0 aliphatic carbocycles. The lowest BCUT2D eigenvalue weighted by Gasteiger charge is -2.41. The summed E-state index contributed by atoms with van der Waals surface area (Å²) in [7, 11) is -2.31. The van der Waals surface area contributed by atoms with Crippen LogP contribution in [0.2, 0.25) is 0 Å². The van der Waals surface area contributed by atoms with Crippen molar-refractivity contribution in [1.29, 1.82) is 0 Å². The fourth-order valence-corrected chi connectivity index (χ4v) is 5.72. The van der Waals surface area contributed by atoms with Crippen LogP contribution in [0.4, 0.5) is 11.4 Å². The van der Waals surface area contributed by atoms with Crippen LogP contribution in [0.15, 0.2) is 47.4 Å². The van der Waals surface area contributed by atoms with E-state index in [0.717, 1.165) is 0 Å². The Morgan fingerprint density at radius 2 is 1.65 bits per heavy atom. The molecule has 2 aromatic rings. The third-order valence-electron chi connectivity index (χ3n) is 5.83. The summed E-state index contributed by atoms with van der Waals surface area (Å²) in [6.45, 7) is 11.1. The number of aryl methyl sites for hydroxylation is 1. The molecular weight excluding hydrogens is 454 g/mol. The van der Waals surface area contributed by atoms with Gasteiger partial charge >= 0.3 is 0 Å². The van der Waals surface area contributed by atoms with Crippen molar-refractivity contribution >= 4 is 27.3 Å². The van der Waals surface area contributed by atoms with E-state index in [1.165, 1.54) is 6.07 Å². The van der Waals surface area contributed by atoms with Crippen molar-refractivity contribution in [3.8, 4) is 5.75 Å². The predicted molar refractivity (Wildman–Crippen MR) is 134 cm³/mol. The summed E-state index contributed by atoms with van der Waals surface area (Å²) < 4.78 is 39.7. The van der Waals surface area contributed by atoms with E-state index in [-0.39, 0.29) is 35.0 Å². The van der Waals surface area contributed by atoms with E-state index in [9.17, 15) is 13.2 Å². The first-order valence-corrected chi connectivity index (χ1v) is 13.0. The number of sulfonamides is 1. The summed E-state index contributed by atoms with van der Waals surface area (Å²) in [5, 5.41) is 2.94. The zero-order valence-electron chi connectivity index (χ0n) is 20.7. The van der Waals surface area contributed by atoms with Crippen molar-refractivity contribution in [2.75, 3.05) is 30.2 Å². The minimum atomic E-state index is -3.86. The number of carbonyl (C=O) groups is 1. The molecule has 3 unspecified atom stereocenters. The summed E-state index contributed by atoms with van der Waals surface area (Å²) in [5.41, 5.74) is 1.44. The summed E-state index contributed by atoms with van der Waals surface area (Å²) >= 11 is 0. The highest BCUT2D eigenvalue weighted by Gasteiger charge is 2.34. The number of carbonyl (C=O) groups excluding carboxylic acids is 1. The van der Waals surface area contributed by atoms with E-state index in [1.54, 1.807) is 50.4 Å². The second-order valence-corrected chi connectivity index (χ2v) is 10.9. The Morgan fingerprint density at radius 3 is 2.21 bits per heavy atom. The first-order chi connectivity index (χ1) is 16.0. The van der Waals surface area contributed by atoms with Crippen molar-refractivity contribution in [1.82, 2.24) is 4.90 Å². The SMILES string of the molecule is COc1ccc(NS(=O)(=O)c2cc(NC(=O)C(C(C)C)N3CC(C)OC(C)C3)ccc2C)cc1. The molecule has 1 aliphatic heterocycles. The Kier molecular flexibility index (Phi) is 8.22. The minimum Gasteiger partial charge on any atom is -0.497 e. The van der Waals surface area contributed by atoms with Gasteiger partial charge in [-0.2, -0.15) is 0 Å². The standard InChI is InChI=1S/C25H35N3O5S/c1-16(2)24(28-14-18(4)33-19(5)15-28)25(29)26-21-8-7-17(3)23(13-21)34(30,31)27-20-9-11-22(32-6)12-10-20/h7-13,16,18-19,24,27H,14-15H2,1-6H3,(H,26,29). The van der Waals surface area contributed by atoms with Crippen molar-refractivity contribution in [3.63, 3.8) is 0 Å². The average Bonchev–Trinajstić information content (AvgIpc) is 2.74. The van der Waals surface area contributed by atoms with Crippen molar-refractivity contribution in [3.05, 3.63) is 48.0 Å². The van der Waals surface area contributed by atoms with Crippen molar-refractivity contribution in [2.24, 2.45) is 5.92 Å². The second-order valence-electron chi connectivity index (χ2n) is 9.20. The first kappa shape index (κ1) is 26.0. The van der Waals surface area contributed by atoms with Crippen LogP contribution in [-0.4, -0.2) is 57.7 Å². The second kappa shape index (κ2) is 10.8. The number of hydrogen-bond donors (Lipinski definition) is 2. The Morgan fingerprint density at radius 1 is 1.06 bits per heavy atom. The molecule has 186 valence electrons. The molecule has 0 saturated carbocycles. The number of methoxy groups -OCH3 is 1. The zero-order chi connectivity index (χ0) is 25.0. The fraction of sp³-hybridized carbons (Fsp3) is 0.480. The van der Waals surface area contributed by atoms with Crippen molar-refractivity contribution < 1.29 is 22.7 Å². The Bertz CT molecular complexity index is 1090. The average molecular weight is 490 g/mol. The minimum absolute atomic E-state index is 0.0398. The molecule has 2 N–H and O–H groups in total. The molecule has 0 radical (unpaired) electrons. The van der Waals surface area contributed by atoms with Gasteiger partial charge in [0.15, 0.2) is 0 Å². The highest BCUT2D eigenvalue weighted by Crippen LogP contribution is 2.25. The molecule has 0 spiro atoms. The number of anilines is 2. The van der Waals surface area contributed by atoms with Crippen LogP contribution in [0.1, 0.15) is 33.3 Å². The van der Waals surface area contributed by atoms with E-state index in [1.807, 2.05) is 27.7 Å². The molecule has 1 heterocycles. The number of rotatable bonds is 8. The van der Waals surface area contributed by atoms with Gasteiger partial charge in [0, 0.05) is 24.5 Å². The molecule has 2 aromatic carbocycles. The maximum atomic E-state index is 13.3. The quantitative estimate of drug-likeness (QED) is 0.584. The van der Waals surface area contributed by atoms with E-state index < -0.39 is 10.0 Å². The smallest absolute Gasteiger partial charge is 0.262 e. The molecule has 0 bridgehead atoms. The van der Waals surface area contributed by atoms with Gasteiger partial charge in [-0.15, -0.1) is 0 Å². The molecule has 1 saturated heterocycles. The van der Waals surface area contributed by atoms with Crippen LogP contribution in [-0.2, 0) is 19.6 Å². The summed E-state index contributed by atoms with van der Waals surface area (Å²) in [6, 6.07) is 11.2. The first-order valence-electron chi connectivity index (χ1n) is 11.5. The van der Waals surface area contributed by atoms with E-state index in [0.29, 0.717) is 35.8 Å². The summed E-state index contributed by atoms with van der Waals surface area (Å²) in [4.78, 5) is 15.5. The highest BCUT2D eigenvalue weighted by molar-refractivity contribution is 7.92. The number of nitrogens with zero attached hydrogens (tertiary/aromatic N) is 1. The molecule has 34 heavy (non-hydrogen) atoms. The largest absolute Gasteiger partial charge is 0.497 e. The van der Waals surface area contributed by atoms with Crippen LogP contribution in [0.5, 0.6) is 5.75 Å². The zero-order valence-corrected chi connectivity index (χ0v) is 21.5. The lowest BCUT2D eigenvalue weighted by atomic mass is 9.99. The van der Waals surface area contributed by atoms with E-state index in [2.05, 4.69) is 14.9 Å². The molecule has 3 rings (SSSR count). The van der Waals surface area contributed by atoms with Crippen molar-refractivity contribution in [2.45, 2.75) is 57.8 Å². The predicted octanol–water partition coefficient (Wildman–Crippen LogP) is 3.88. The van der Waals surface area contributed by atoms with Gasteiger partial charge in [0.2, 0.25) is 5.91 Å². The van der Waals surface area contributed by atoms with Gasteiger partial charge in [-0.25, -0.2) is 8.42 Å². The Labute approximate surface area is 202 Å². The topological polar surface area (TPSA) is 97.0 Å². The van der Waals surface area contributed by atoms with Crippen LogP contribution in [0.25, 0.3) is 0 Å². The molecule has 9 heteroatoms. The number of nitrogens with one attached hydrogen (secondary N) is 2. The Balaban J connectivity index is 1.80. The number of amides is 1. The van der Waals surface area contributed by atoms with Gasteiger partial charge < -0.3 is 14.8 Å². The molecular formula is C25H35N3O5S. The highest BCUT2D eigenvalue weighted by atomic mass is 32.2. The number of ether oxygens (including phenoxy) is 2. The monoisotopic (exact) mass is 489 g/mol. The van der Waals surface area contributed by atoms with Gasteiger partial charge in [0.1, 0.15) is 5.75 Å².